The number of carbonyl (C=O) groups is 2. The molecule has 2 N–H and O–H groups in total. The lowest BCUT2D eigenvalue weighted by Crippen LogP contribution is -2.40. The summed E-state index contributed by atoms with van der Waals surface area (Å²) in [5, 5.41) is 11.9. The van der Waals surface area contributed by atoms with Gasteiger partial charge in [-0.1, -0.05) is 6.92 Å². The van der Waals surface area contributed by atoms with Gasteiger partial charge in [-0.25, -0.2) is 9.59 Å². The minimum Gasteiger partial charge on any atom is -0.478 e. The van der Waals surface area contributed by atoms with Crippen LogP contribution in [-0.2, 0) is 0 Å². The number of aromatic carboxylic acids is 1. The molecule has 0 spiro atoms. The molecule has 0 saturated carbocycles. The molecule has 1 aromatic carbocycles. The van der Waals surface area contributed by atoms with Gasteiger partial charge in [0.15, 0.2) is 0 Å². The lowest BCUT2D eigenvalue weighted by molar-refractivity contribution is 0.0698. The molecule has 0 aliphatic carbocycles. The van der Waals surface area contributed by atoms with E-state index in [0.717, 1.165) is 9.99 Å². The number of benzene rings is 1. The Bertz CT molecular complexity index is 503. The van der Waals surface area contributed by atoms with Crippen molar-refractivity contribution in [1.82, 2.24) is 4.90 Å². The highest BCUT2D eigenvalue weighted by Crippen LogP contribution is 2.20. The highest BCUT2D eigenvalue weighted by atomic mass is 127. The first-order valence-electron chi connectivity index (χ1n) is 6.47. The van der Waals surface area contributed by atoms with Crippen LogP contribution >= 0.6 is 22.6 Å². The third-order valence-corrected chi connectivity index (χ3v) is 3.47. The topological polar surface area (TPSA) is 69.6 Å². The molecule has 0 heterocycles. The minimum atomic E-state index is -1.05. The number of carboxylic acid groups (broad SMARTS) is 1. The van der Waals surface area contributed by atoms with Crippen LogP contribution in [0.25, 0.3) is 0 Å². The second-order valence-corrected chi connectivity index (χ2v) is 5.96. The van der Waals surface area contributed by atoms with Gasteiger partial charge >= 0.3 is 12.0 Å². The van der Waals surface area contributed by atoms with E-state index in [9.17, 15) is 14.7 Å². The van der Waals surface area contributed by atoms with Crippen molar-refractivity contribution in [2.45, 2.75) is 33.2 Å². The Morgan fingerprint density at radius 3 is 2.55 bits per heavy atom. The molecule has 1 aromatic rings. The Morgan fingerprint density at radius 1 is 1.40 bits per heavy atom. The van der Waals surface area contributed by atoms with Crippen LogP contribution in [0.2, 0.25) is 0 Å². The van der Waals surface area contributed by atoms with E-state index >= 15 is 0 Å². The standard InChI is InChI=1S/C14H19IN2O3/c1-4-7-17(9(2)3)14(20)16-12-6-5-10(15)8-11(12)13(18)19/h5-6,8-9H,4,7H2,1-3H3,(H,16,20)(H,18,19). The van der Waals surface area contributed by atoms with Gasteiger partial charge in [-0.15, -0.1) is 0 Å². The smallest absolute Gasteiger partial charge is 0.337 e. The van der Waals surface area contributed by atoms with Crippen LogP contribution in [0.5, 0.6) is 0 Å². The van der Waals surface area contributed by atoms with Crippen LogP contribution in [-0.4, -0.2) is 34.6 Å². The monoisotopic (exact) mass is 390 g/mol. The van der Waals surface area contributed by atoms with Gasteiger partial charge in [0.1, 0.15) is 0 Å². The zero-order valence-corrected chi connectivity index (χ0v) is 14.0. The van der Waals surface area contributed by atoms with Crippen LogP contribution in [0.3, 0.4) is 0 Å². The molecule has 5 nitrogen and oxygen atoms in total. The Kier molecular flexibility index (Phi) is 6.25. The van der Waals surface area contributed by atoms with Crippen molar-refractivity contribution in [3.05, 3.63) is 27.3 Å². The fourth-order valence-corrected chi connectivity index (χ4v) is 2.32. The van der Waals surface area contributed by atoms with Crippen LogP contribution in [0.1, 0.15) is 37.6 Å². The fraction of sp³-hybridized carbons (Fsp3) is 0.429. The molecule has 0 radical (unpaired) electrons. The van der Waals surface area contributed by atoms with Crippen LogP contribution < -0.4 is 5.32 Å². The molecule has 20 heavy (non-hydrogen) atoms. The number of anilines is 1. The number of halogens is 1. The van der Waals surface area contributed by atoms with E-state index in [4.69, 9.17) is 0 Å². The summed E-state index contributed by atoms with van der Waals surface area (Å²) in [5.74, 6) is -1.05. The van der Waals surface area contributed by atoms with Gasteiger partial charge in [0, 0.05) is 16.2 Å². The van der Waals surface area contributed by atoms with Crippen LogP contribution in [0, 0.1) is 3.57 Å². The number of urea groups is 1. The first-order chi connectivity index (χ1) is 9.36. The van der Waals surface area contributed by atoms with E-state index in [-0.39, 0.29) is 17.6 Å². The highest BCUT2D eigenvalue weighted by Gasteiger charge is 2.19. The first kappa shape index (κ1) is 16.7. The van der Waals surface area contributed by atoms with Gasteiger partial charge < -0.3 is 15.3 Å². The molecule has 0 atom stereocenters. The quantitative estimate of drug-likeness (QED) is 0.755. The lowest BCUT2D eigenvalue weighted by atomic mass is 10.2. The number of nitrogens with zero attached hydrogens (tertiary/aromatic N) is 1. The predicted octanol–water partition coefficient (Wildman–Crippen LogP) is 3.64. The maximum atomic E-state index is 12.2. The van der Waals surface area contributed by atoms with E-state index in [1.807, 2.05) is 43.4 Å². The molecule has 0 aliphatic rings. The molecule has 0 bridgehead atoms. The second kappa shape index (κ2) is 7.47. The van der Waals surface area contributed by atoms with Crippen molar-refractivity contribution in [2.75, 3.05) is 11.9 Å². The average Bonchev–Trinajstić information content (AvgIpc) is 2.37. The number of rotatable bonds is 5. The summed E-state index contributed by atoms with van der Waals surface area (Å²) in [6, 6.07) is 4.71. The van der Waals surface area contributed by atoms with E-state index in [1.54, 1.807) is 17.0 Å². The maximum Gasteiger partial charge on any atom is 0.337 e. The number of carbonyl (C=O) groups excluding carboxylic acids is 1. The van der Waals surface area contributed by atoms with Gasteiger partial charge in [-0.2, -0.15) is 0 Å². The Balaban J connectivity index is 2.97. The Morgan fingerprint density at radius 2 is 2.05 bits per heavy atom. The van der Waals surface area contributed by atoms with Crippen molar-refractivity contribution in [3.8, 4) is 0 Å². The van der Waals surface area contributed by atoms with Gasteiger partial charge in [-0.3, -0.25) is 0 Å². The summed E-state index contributed by atoms with van der Waals surface area (Å²) in [6.07, 6.45) is 0.851. The lowest BCUT2D eigenvalue weighted by Gasteiger charge is -2.26. The first-order valence-corrected chi connectivity index (χ1v) is 7.55. The number of nitrogens with one attached hydrogen (secondary N) is 1. The molecule has 1 rings (SSSR count). The van der Waals surface area contributed by atoms with Gasteiger partial charge in [0.05, 0.1) is 11.3 Å². The molecule has 110 valence electrons. The van der Waals surface area contributed by atoms with E-state index < -0.39 is 5.97 Å². The fourth-order valence-electron chi connectivity index (χ4n) is 1.82. The molecule has 2 amide bonds. The minimum absolute atomic E-state index is 0.0621. The zero-order chi connectivity index (χ0) is 15.3. The summed E-state index contributed by atoms with van der Waals surface area (Å²) in [5.41, 5.74) is 0.426. The summed E-state index contributed by atoms with van der Waals surface area (Å²) in [6.45, 7) is 6.50. The number of carboxylic acids is 1. The van der Waals surface area contributed by atoms with Crippen molar-refractivity contribution in [1.29, 1.82) is 0 Å². The number of hydrogen-bond donors (Lipinski definition) is 2. The molecular weight excluding hydrogens is 371 g/mol. The van der Waals surface area contributed by atoms with E-state index in [0.29, 0.717) is 12.2 Å². The predicted molar refractivity (Wildman–Crippen MR) is 87.3 cm³/mol. The number of amides is 2. The Labute approximate surface area is 132 Å². The van der Waals surface area contributed by atoms with Gasteiger partial charge in [0.2, 0.25) is 0 Å². The molecule has 0 unspecified atom stereocenters. The molecular formula is C14H19IN2O3. The average molecular weight is 390 g/mol. The molecule has 0 fully saturated rings. The third kappa shape index (κ3) is 4.36. The normalized spacial score (nSPS) is 10.4. The largest absolute Gasteiger partial charge is 0.478 e. The van der Waals surface area contributed by atoms with E-state index in [1.165, 1.54) is 6.07 Å². The van der Waals surface area contributed by atoms with E-state index in [2.05, 4.69) is 5.32 Å². The highest BCUT2D eigenvalue weighted by molar-refractivity contribution is 14.1. The molecule has 6 heteroatoms. The van der Waals surface area contributed by atoms with Crippen LogP contribution in [0.15, 0.2) is 18.2 Å². The van der Waals surface area contributed by atoms with Crippen molar-refractivity contribution < 1.29 is 14.7 Å². The van der Waals surface area contributed by atoms with Gasteiger partial charge in [-0.05, 0) is 61.1 Å². The summed E-state index contributed by atoms with van der Waals surface area (Å²) >= 11 is 2.04. The van der Waals surface area contributed by atoms with Crippen molar-refractivity contribution in [3.63, 3.8) is 0 Å². The summed E-state index contributed by atoms with van der Waals surface area (Å²) < 4.78 is 0.812. The molecule has 0 saturated heterocycles. The SMILES string of the molecule is CCCN(C(=O)Nc1ccc(I)cc1C(=O)O)C(C)C. The molecule has 0 aliphatic heterocycles. The maximum absolute atomic E-state index is 12.2. The summed E-state index contributed by atoms with van der Waals surface area (Å²) in [4.78, 5) is 25.1. The zero-order valence-electron chi connectivity index (χ0n) is 11.8. The number of hydrogen-bond acceptors (Lipinski definition) is 2. The molecule has 0 aromatic heterocycles. The van der Waals surface area contributed by atoms with Crippen molar-refractivity contribution >= 4 is 40.3 Å². The summed E-state index contributed by atoms with van der Waals surface area (Å²) in [7, 11) is 0. The third-order valence-electron chi connectivity index (χ3n) is 2.80. The van der Waals surface area contributed by atoms with Gasteiger partial charge in [0.25, 0.3) is 0 Å². The van der Waals surface area contributed by atoms with Crippen LogP contribution in [0.4, 0.5) is 10.5 Å². The second-order valence-electron chi connectivity index (χ2n) is 4.71. The Hall–Kier alpha value is -1.31. The van der Waals surface area contributed by atoms with Crippen molar-refractivity contribution in [2.24, 2.45) is 0 Å².